The van der Waals surface area contributed by atoms with Crippen LogP contribution in [0.2, 0.25) is 0 Å². The number of rotatable bonds is 3. The van der Waals surface area contributed by atoms with Crippen LogP contribution in [0.15, 0.2) is 30.7 Å². The fraction of sp³-hybridized carbons (Fsp3) is 0.312. The highest BCUT2D eigenvalue weighted by atomic mass is 16.2. The Hall–Kier alpha value is -3.23. The summed E-state index contributed by atoms with van der Waals surface area (Å²) in [4.78, 5) is 40.3. The molecule has 2 aliphatic rings. The van der Waals surface area contributed by atoms with E-state index in [-0.39, 0.29) is 17.5 Å². The van der Waals surface area contributed by atoms with E-state index >= 15 is 0 Å². The third-order valence-corrected chi connectivity index (χ3v) is 4.76. The summed E-state index contributed by atoms with van der Waals surface area (Å²) in [6, 6.07) is 2.42. The lowest BCUT2D eigenvalue weighted by Gasteiger charge is -2.28. The highest BCUT2D eigenvalue weighted by Gasteiger charge is 2.55. The second-order valence-corrected chi connectivity index (χ2v) is 6.22. The number of nitrogens with one attached hydrogen (secondary N) is 4. The van der Waals surface area contributed by atoms with Gasteiger partial charge < -0.3 is 10.6 Å². The Morgan fingerprint density at radius 2 is 2.12 bits per heavy atom. The number of aromatic amines is 1. The van der Waals surface area contributed by atoms with Gasteiger partial charge in [0.05, 0.1) is 12.2 Å². The molecule has 4 amide bonds. The van der Waals surface area contributed by atoms with E-state index in [0.717, 1.165) is 17.5 Å². The summed E-state index contributed by atoms with van der Waals surface area (Å²) in [6.07, 6.45) is 6.86. The smallest absolute Gasteiger partial charge is 0.322 e. The molecule has 4 rings (SSSR count). The molecule has 2 aromatic heterocycles. The maximum atomic E-state index is 12.5. The SMILES string of the molecule is O=C1NC(=O)C2(CCCC2NC(=O)c2ccc(-c3cn[nH]c3)cn2)N1. The van der Waals surface area contributed by atoms with Crippen LogP contribution in [0, 0.1) is 0 Å². The molecule has 0 radical (unpaired) electrons. The second kappa shape index (κ2) is 5.69. The molecule has 4 N–H and O–H groups in total. The Labute approximate surface area is 142 Å². The minimum atomic E-state index is -1.05. The fourth-order valence-electron chi connectivity index (χ4n) is 3.47. The summed E-state index contributed by atoms with van der Waals surface area (Å²) in [5, 5.41) is 14.4. The number of aromatic nitrogens is 3. The van der Waals surface area contributed by atoms with E-state index < -0.39 is 17.6 Å². The van der Waals surface area contributed by atoms with E-state index in [0.29, 0.717) is 12.8 Å². The van der Waals surface area contributed by atoms with Crippen LogP contribution >= 0.6 is 0 Å². The molecule has 2 aromatic rings. The van der Waals surface area contributed by atoms with Crippen LogP contribution in [-0.2, 0) is 4.79 Å². The summed E-state index contributed by atoms with van der Waals surface area (Å²) < 4.78 is 0. The van der Waals surface area contributed by atoms with Gasteiger partial charge in [0.1, 0.15) is 11.2 Å². The number of imide groups is 1. The van der Waals surface area contributed by atoms with E-state index in [2.05, 4.69) is 31.1 Å². The van der Waals surface area contributed by atoms with Crippen molar-refractivity contribution in [3.63, 3.8) is 0 Å². The minimum absolute atomic E-state index is 0.249. The molecule has 1 aliphatic carbocycles. The van der Waals surface area contributed by atoms with Gasteiger partial charge in [-0.1, -0.05) is 6.07 Å². The van der Waals surface area contributed by atoms with Gasteiger partial charge in [-0.15, -0.1) is 0 Å². The van der Waals surface area contributed by atoms with E-state index in [1.165, 1.54) is 0 Å². The van der Waals surface area contributed by atoms with Crippen molar-refractivity contribution in [2.24, 2.45) is 0 Å². The number of carbonyl (C=O) groups is 3. The van der Waals surface area contributed by atoms with E-state index in [4.69, 9.17) is 0 Å². The molecular formula is C16H16N6O3. The van der Waals surface area contributed by atoms with Crippen LogP contribution in [0.3, 0.4) is 0 Å². The molecule has 2 atom stereocenters. The molecule has 9 nitrogen and oxygen atoms in total. The maximum absolute atomic E-state index is 12.5. The van der Waals surface area contributed by atoms with Gasteiger partial charge >= 0.3 is 6.03 Å². The molecule has 1 spiro atoms. The van der Waals surface area contributed by atoms with Crippen molar-refractivity contribution in [3.8, 4) is 11.1 Å². The highest BCUT2D eigenvalue weighted by molar-refractivity contribution is 6.08. The van der Waals surface area contributed by atoms with Crippen LogP contribution in [0.1, 0.15) is 29.8 Å². The average molecular weight is 340 g/mol. The second-order valence-electron chi connectivity index (χ2n) is 6.22. The number of H-pyrrole nitrogens is 1. The maximum Gasteiger partial charge on any atom is 0.322 e. The third kappa shape index (κ3) is 2.53. The number of urea groups is 1. The molecule has 9 heteroatoms. The first-order chi connectivity index (χ1) is 12.1. The Bertz CT molecular complexity index is 832. The van der Waals surface area contributed by atoms with Crippen LogP contribution in [0.5, 0.6) is 0 Å². The van der Waals surface area contributed by atoms with Gasteiger partial charge in [0.25, 0.3) is 11.8 Å². The molecule has 0 bridgehead atoms. The first-order valence-corrected chi connectivity index (χ1v) is 7.98. The van der Waals surface area contributed by atoms with Crippen molar-refractivity contribution in [1.29, 1.82) is 0 Å². The first kappa shape index (κ1) is 15.3. The summed E-state index contributed by atoms with van der Waals surface area (Å²) in [7, 11) is 0. The van der Waals surface area contributed by atoms with Crippen molar-refractivity contribution in [2.45, 2.75) is 30.8 Å². The third-order valence-electron chi connectivity index (χ3n) is 4.76. The number of carbonyl (C=O) groups excluding carboxylic acids is 3. The van der Waals surface area contributed by atoms with Crippen LogP contribution in [0.25, 0.3) is 11.1 Å². The predicted octanol–water partition coefficient (Wildman–Crippen LogP) is 0.332. The van der Waals surface area contributed by atoms with Crippen molar-refractivity contribution < 1.29 is 14.4 Å². The zero-order chi connectivity index (χ0) is 17.4. The zero-order valence-electron chi connectivity index (χ0n) is 13.2. The molecule has 25 heavy (non-hydrogen) atoms. The Kier molecular flexibility index (Phi) is 3.48. The summed E-state index contributed by atoms with van der Waals surface area (Å²) >= 11 is 0. The van der Waals surface area contributed by atoms with E-state index in [1.54, 1.807) is 30.7 Å². The van der Waals surface area contributed by atoms with Crippen LogP contribution in [-0.4, -0.2) is 44.6 Å². The highest BCUT2D eigenvalue weighted by Crippen LogP contribution is 2.32. The molecule has 1 saturated heterocycles. The van der Waals surface area contributed by atoms with E-state index in [9.17, 15) is 14.4 Å². The Morgan fingerprint density at radius 3 is 2.76 bits per heavy atom. The van der Waals surface area contributed by atoms with Crippen LogP contribution < -0.4 is 16.0 Å². The lowest BCUT2D eigenvalue weighted by atomic mass is 9.93. The number of hydrogen-bond acceptors (Lipinski definition) is 5. The van der Waals surface area contributed by atoms with Crippen molar-refractivity contribution >= 4 is 17.8 Å². The summed E-state index contributed by atoms with van der Waals surface area (Å²) in [6.45, 7) is 0. The minimum Gasteiger partial charge on any atom is -0.345 e. The van der Waals surface area contributed by atoms with Gasteiger partial charge in [0.15, 0.2) is 0 Å². The zero-order valence-corrected chi connectivity index (χ0v) is 13.2. The van der Waals surface area contributed by atoms with Gasteiger partial charge in [-0.2, -0.15) is 5.10 Å². The average Bonchev–Trinajstić information content (AvgIpc) is 3.31. The van der Waals surface area contributed by atoms with Crippen LogP contribution in [0.4, 0.5) is 4.79 Å². The number of pyridine rings is 1. The molecular weight excluding hydrogens is 324 g/mol. The largest absolute Gasteiger partial charge is 0.345 e. The fourth-order valence-corrected chi connectivity index (χ4v) is 3.47. The number of amides is 4. The number of nitrogens with zero attached hydrogens (tertiary/aromatic N) is 2. The van der Waals surface area contributed by atoms with Crippen molar-refractivity contribution in [2.75, 3.05) is 0 Å². The topological polar surface area (TPSA) is 129 Å². The van der Waals surface area contributed by atoms with Crippen molar-refractivity contribution in [1.82, 2.24) is 31.1 Å². The molecule has 1 saturated carbocycles. The lowest BCUT2D eigenvalue weighted by Crippen LogP contribution is -2.59. The summed E-state index contributed by atoms with van der Waals surface area (Å²) in [5.74, 6) is -0.762. The van der Waals surface area contributed by atoms with Gasteiger partial charge in [-0.3, -0.25) is 25.0 Å². The summed E-state index contributed by atoms with van der Waals surface area (Å²) in [5.41, 5.74) is 0.910. The molecule has 2 unspecified atom stereocenters. The lowest BCUT2D eigenvalue weighted by molar-refractivity contribution is -0.124. The van der Waals surface area contributed by atoms with Gasteiger partial charge in [0, 0.05) is 23.5 Å². The standard InChI is InChI=1S/C16H16N6O3/c23-13(11-4-3-9(6-17-11)10-7-18-19-8-10)20-12-2-1-5-16(12)14(24)21-15(25)22-16/h3-4,6-8,12H,1-2,5H2,(H,18,19)(H,20,23)(H2,21,22,24,25). The van der Waals surface area contributed by atoms with Gasteiger partial charge in [-0.05, 0) is 25.3 Å². The van der Waals surface area contributed by atoms with Gasteiger partial charge in [-0.25, -0.2) is 4.79 Å². The quantitative estimate of drug-likeness (QED) is 0.599. The first-order valence-electron chi connectivity index (χ1n) is 7.98. The molecule has 0 aromatic carbocycles. The molecule has 1 aliphatic heterocycles. The molecule has 3 heterocycles. The predicted molar refractivity (Wildman–Crippen MR) is 86.3 cm³/mol. The Balaban J connectivity index is 1.50. The molecule has 2 fully saturated rings. The van der Waals surface area contributed by atoms with E-state index in [1.807, 2.05) is 0 Å². The van der Waals surface area contributed by atoms with Gasteiger partial charge in [0.2, 0.25) is 0 Å². The van der Waals surface area contributed by atoms with Crippen molar-refractivity contribution in [3.05, 3.63) is 36.4 Å². The normalized spacial score (nSPS) is 25.0. The number of hydrogen-bond donors (Lipinski definition) is 4. The monoisotopic (exact) mass is 340 g/mol. The molecule has 128 valence electrons. The Morgan fingerprint density at radius 1 is 1.24 bits per heavy atom.